The Hall–Kier alpha value is -2.26. The van der Waals surface area contributed by atoms with Crippen molar-refractivity contribution in [2.75, 3.05) is 22.0 Å². The smallest absolute Gasteiger partial charge is 0.233 e. The molecular weight excluding hydrogens is 392 g/mol. The van der Waals surface area contributed by atoms with Gasteiger partial charge in [-0.25, -0.2) is 13.1 Å². The SMILES string of the molecule is C[C@H]1CCc2c(ccc(-c3cnn4c3N(S(C)(=O)=O)CC4)c2O)N1C(O)C1CC1. The summed E-state index contributed by atoms with van der Waals surface area (Å²) >= 11 is 0. The van der Waals surface area contributed by atoms with Crippen LogP contribution in [0.25, 0.3) is 11.1 Å². The van der Waals surface area contributed by atoms with Gasteiger partial charge in [0.1, 0.15) is 17.8 Å². The largest absolute Gasteiger partial charge is 0.507 e. The molecule has 2 aliphatic heterocycles. The van der Waals surface area contributed by atoms with Crippen LogP contribution in [0.4, 0.5) is 11.5 Å². The van der Waals surface area contributed by atoms with Crippen molar-refractivity contribution < 1.29 is 18.6 Å². The molecule has 5 rings (SSSR count). The first kappa shape index (κ1) is 18.7. The highest BCUT2D eigenvalue weighted by Gasteiger charge is 2.39. The Balaban J connectivity index is 1.60. The predicted molar refractivity (Wildman–Crippen MR) is 111 cm³/mol. The Labute approximate surface area is 170 Å². The standard InChI is InChI=1S/C20H26N4O4S/c1-12-3-6-15-17(24(12)20(26)13-4-5-13)8-7-14(18(15)25)16-11-21-22-9-10-23(19(16)22)29(2,27)28/h7-8,11-13,20,25-26H,3-6,9-10H2,1-2H3/t12-,20?/m0/s1. The van der Waals surface area contributed by atoms with Crippen molar-refractivity contribution in [1.82, 2.24) is 9.78 Å². The van der Waals surface area contributed by atoms with Crippen molar-refractivity contribution in [3.63, 3.8) is 0 Å². The van der Waals surface area contributed by atoms with Crippen LogP contribution in [-0.2, 0) is 23.0 Å². The molecule has 1 fully saturated rings. The molecule has 1 aromatic carbocycles. The second-order valence-electron chi connectivity index (χ2n) is 8.45. The molecule has 0 spiro atoms. The van der Waals surface area contributed by atoms with Crippen LogP contribution in [0.1, 0.15) is 31.7 Å². The molecule has 0 radical (unpaired) electrons. The second kappa shape index (κ2) is 6.37. The Morgan fingerprint density at radius 2 is 1.93 bits per heavy atom. The Kier molecular flexibility index (Phi) is 4.12. The topological polar surface area (TPSA) is 98.9 Å². The number of anilines is 2. The quantitative estimate of drug-likeness (QED) is 0.787. The van der Waals surface area contributed by atoms with Gasteiger partial charge in [-0.15, -0.1) is 0 Å². The third kappa shape index (κ3) is 2.90. The molecule has 3 aliphatic rings. The molecule has 2 N–H and O–H groups in total. The molecule has 1 aromatic heterocycles. The van der Waals surface area contributed by atoms with Crippen LogP contribution in [0.5, 0.6) is 5.75 Å². The minimum atomic E-state index is -3.43. The van der Waals surface area contributed by atoms with Gasteiger partial charge in [0.05, 0.1) is 25.5 Å². The maximum Gasteiger partial charge on any atom is 0.233 e. The van der Waals surface area contributed by atoms with Crippen LogP contribution < -0.4 is 9.21 Å². The van der Waals surface area contributed by atoms with E-state index in [-0.39, 0.29) is 11.8 Å². The number of phenols is 1. The molecule has 3 heterocycles. The van der Waals surface area contributed by atoms with E-state index in [2.05, 4.69) is 12.0 Å². The Morgan fingerprint density at radius 3 is 2.62 bits per heavy atom. The fraction of sp³-hybridized carbons (Fsp3) is 0.550. The monoisotopic (exact) mass is 418 g/mol. The fourth-order valence-electron chi connectivity index (χ4n) is 4.70. The van der Waals surface area contributed by atoms with Gasteiger partial charge in [0.2, 0.25) is 10.0 Å². The van der Waals surface area contributed by atoms with Gasteiger partial charge in [-0.1, -0.05) is 0 Å². The average Bonchev–Trinajstić information content (AvgIpc) is 3.29. The lowest BCUT2D eigenvalue weighted by atomic mass is 9.91. The maximum atomic E-state index is 12.2. The molecular formula is C20H26N4O4S. The molecule has 1 unspecified atom stereocenters. The number of aromatic nitrogens is 2. The normalized spacial score (nSPS) is 22.5. The van der Waals surface area contributed by atoms with Crippen LogP contribution in [0.2, 0.25) is 0 Å². The highest BCUT2D eigenvalue weighted by molar-refractivity contribution is 7.92. The summed E-state index contributed by atoms with van der Waals surface area (Å²) in [7, 11) is -3.43. The van der Waals surface area contributed by atoms with E-state index in [9.17, 15) is 18.6 Å². The number of aliphatic hydroxyl groups excluding tert-OH is 1. The first-order valence-corrected chi connectivity index (χ1v) is 12.0. The molecule has 0 amide bonds. The molecule has 29 heavy (non-hydrogen) atoms. The average molecular weight is 419 g/mol. The maximum absolute atomic E-state index is 12.2. The summed E-state index contributed by atoms with van der Waals surface area (Å²) in [5.74, 6) is 0.952. The van der Waals surface area contributed by atoms with Crippen molar-refractivity contribution in [2.24, 2.45) is 5.92 Å². The minimum absolute atomic E-state index is 0.151. The molecule has 8 nitrogen and oxygen atoms in total. The number of hydrogen-bond acceptors (Lipinski definition) is 6. The number of nitrogens with zero attached hydrogens (tertiary/aromatic N) is 4. The number of aliphatic hydroxyl groups is 1. The van der Waals surface area contributed by atoms with E-state index < -0.39 is 16.3 Å². The van der Waals surface area contributed by atoms with Gasteiger partial charge >= 0.3 is 0 Å². The third-order valence-corrected chi connectivity index (χ3v) is 7.56. The van der Waals surface area contributed by atoms with Crippen molar-refractivity contribution >= 4 is 21.5 Å². The van der Waals surface area contributed by atoms with Crippen LogP contribution >= 0.6 is 0 Å². The summed E-state index contributed by atoms with van der Waals surface area (Å²) < 4.78 is 27.4. The molecule has 1 aliphatic carbocycles. The van der Waals surface area contributed by atoms with Crippen LogP contribution in [0.3, 0.4) is 0 Å². The predicted octanol–water partition coefficient (Wildman–Crippen LogP) is 1.90. The van der Waals surface area contributed by atoms with E-state index in [0.29, 0.717) is 42.4 Å². The number of fused-ring (bicyclic) bond motifs is 2. The minimum Gasteiger partial charge on any atom is -0.507 e. The van der Waals surface area contributed by atoms with Crippen LogP contribution in [0.15, 0.2) is 18.3 Å². The third-order valence-electron chi connectivity index (χ3n) is 6.41. The van der Waals surface area contributed by atoms with Crippen LogP contribution in [-0.4, -0.2) is 53.5 Å². The number of sulfonamides is 1. The molecule has 0 bridgehead atoms. The van der Waals surface area contributed by atoms with Gasteiger partial charge in [-0.2, -0.15) is 5.10 Å². The zero-order chi connectivity index (χ0) is 20.5. The van der Waals surface area contributed by atoms with Crippen molar-refractivity contribution in [1.29, 1.82) is 0 Å². The lowest BCUT2D eigenvalue weighted by Gasteiger charge is -2.41. The van der Waals surface area contributed by atoms with E-state index in [1.807, 2.05) is 17.0 Å². The van der Waals surface area contributed by atoms with E-state index in [0.717, 1.165) is 30.5 Å². The number of aromatic hydroxyl groups is 1. The van der Waals surface area contributed by atoms with Crippen molar-refractivity contribution in [2.45, 2.75) is 51.4 Å². The number of rotatable bonds is 4. The molecule has 9 heteroatoms. The summed E-state index contributed by atoms with van der Waals surface area (Å²) in [6, 6.07) is 3.95. The van der Waals surface area contributed by atoms with Gasteiger partial charge in [-0.3, -0.25) is 4.31 Å². The van der Waals surface area contributed by atoms with Gasteiger partial charge in [-0.05, 0) is 44.7 Å². The molecule has 0 saturated heterocycles. The summed E-state index contributed by atoms with van der Waals surface area (Å²) in [4.78, 5) is 2.03. The number of hydrogen-bond donors (Lipinski definition) is 2. The number of phenolic OH excluding ortho intramolecular Hbond substituents is 1. The van der Waals surface area contributed by atoms with E-state index in [4.69, 9.17) is 0 Å². The Bertz CT molecular complexity index is 1080. The summed E-state index contributed by atoms with van der Waals surface area (Å²) in [6.45, 7) is 2.95. The lowest BCUT2D eigenvalue weighted by molar-refractivity contribution is 0.133. The summed E-state index contributed by atoms with van der Waals surface area (Å²) in [5.41, 5.74) is 2.87. The molecule has 1 saturated carbocycles. The van der Waals surface area contributed by atoms with E-state index in [1.54, 1.807) is 10.9 Å². The summed E-state index contributed by atoms with van der Waals surface area (Å²) in [5, 5.41) is 26.3. The zero-order valence-corrected chi connectivity index (χ0v) is 17.4. The fourth-order valence-corrected chi connectivity index (χ4v) is 5.62. The van der Waals surface area contributed by atoms with E-state index >= 15 is 0 Å². The molecule has 2 atom stereocenters. The van der Waals surface area contributed by atoms with E-state index in [1.165, 1.54) is 10.6 Å². The van der Waals surface area contributed by atoms with Gasteiger partial charge in [0, 0.05) is 34.3 Å². The van der Waals surface area contributed by atoms with Gasteiger partial charge in [0.15, 0.2) is 0 Å². The number of benzene rings is 1. The second-order valence-corrected chi connectivity index (χ2v) is 10.4. The molecule has 156 valence electrons. The van der Waals surface area contributed by atoms with Gasteiger partial charge < -0.3 is 15.1 Å². The highest BCUT2D eigenvalue weighted by atomic mass is 32.2. The summed E-state index contributed by atoms with van der Waals surface area (Å²) in [6.07, 6.45) is 5.90. The van der Waals surface area contributed by atoms with Gasteiger partial charge in [0.25, 0.3) is 0 Å². The van der Waals surface area contributed by atoms with Crippen LogP contribution in [0, 0.1) is 5.92 Å². The Morgan fingerprint density at radius 1 is 1.17 bits per heavy atom. The zero-order valence-electron chi connectivity index (χ0n) is 16.6. The first-order chi connectivity index (χ1) is 13.8. The van der Waals surface area contributed by atoms with Crippen molar-refractivity contribution in [3.05, 3.63) is 23.9 Å². The first-order valence-electron chi connectivity index (χ1n) is 10.1. The lowest BCUT2D eigenvalue weighted by Crippen LogP contribution is -2.46. The highest BCUT2D eigenvalue weighted by Crippen LogP contribution is 2.47. The molecule has 2 aromatic rings. The van der Waals surface area contributed by atoms with Crippen molar-refractivity contribution in [3.8, 4) is 16.9 Å².